The molecule has 1 aromatic heterocycles. The number of amides is 2. The minimum atomic E-state index is -0.452. The number of anilines is 1. The van der Waals surface area contributed by atoms with Gasteiger partial charge in [-0.1, -0.05) is 6.92 Å². The van der Waals surface area contributed by atoms with Gasteiger partial charge in [-0.05, 0) is 25.8 Å². The predicted molar refractivity (Wildman–Crippen MR) is 81.0 cm³/mol. The summed E-state index contributed by atoms with van der Waals surface area (Å²) in [6.07, 6.45) is 1.20. The number of nitrogens with one attached hydrogen (secondary N) is 1. The molecule has 0 aliphatic carbocycles. The van der Waals surface area contributed by atoms with E-state index in [0.29, 0.717) is 23.0 Å². The standard InChI is InChI=1S/C14H21N3O2S/c1-4-11(18)16-14-12(13(15)19)9-5-6-17(8(2)3)7-10(9)20-14/h8H,4-7H2,1-3H3,(H2,15,19)(H,16,18). The predicted octanol–water partition coefficient (Wildman–Crippen LogP) is 1.96. The number of hydrogen-bond acceptors (Lipinski definition) is 4. The summed E-state index contributed by atoms with van der Waals surface area (Å²) in [5.41, 5.74) is 7.03. The summed E-state index contributed by atoms with van der Waals surface area (Å²) in [5.74, 6) is -0.543. The van der Waals surface area contributed by atoms with Crippen LogP contribution in [0.25, 0.3) is 0 Å². The topological polar surface area (TPSA) is 75.4 Å². The van der Waals surface area contributed by atoms with Crippen molar-refractivity contribution in [1.29, 1.82) is 0 Å². The first-order valence-electron chi connectivity index (χ1n) is 6.92. The molecule has 20 heavy (non-hydrogen) atoms. The van der Waals surface area contributed by atoms with Crippen LogP contribution in [0.4, 0.5) is 5.00 Å². The Bertz CT molecular complexity index is 537. The van der Waals surface area contributed by atoms with Crippen molar-refractivity contribution in [1.82, 2.24) is 4.90 Å². The number of carbonyl (C=O) groups is 2. The zero-order valence-corrected chi connectivity index (χ0v) is 13.0. The van der Waals surface area contributed by atoms with Gasteiger partial charge in [0, 0.05) is 30.4 Å². The van der Waals surface area contributed by atoms with Crippen LogP contribution in [0.3, 0.4) is 0 Å². The maximum atomic E-state index is 11.7. The van der Waals surface area contributed by atoms with Crippen molar-refractivity contribution < 1.29 is 9.59 Å². The van der Waals surface area contributed by atoms with Crippen molar-refractivity contribution in [2.24, 2.45) is 5.73 Å². The molecule has 1 aromatic rings. The minimum Gasteiger partial charge on any atom is -0.365 e. The van der Waals surface area contributed by atoms with Crippen LogP contribution < -0.4 is 11.1 Å². The second-order valence-corrected chi connectivity index (χ2v) is 6.39. The monoisotopic (exact) mass is 295 g/mol. The highest BCUT2D eigenvalue weighted by molar-refractivity contribution is 7.17. The highest BCUT2D eigenvalue weighted by atomic mass is 32.1. The van der Waals surface area contributed by atoms with E-state index in [0.717, 1.165) is 30.0 Å². The summed E-state index contributed by atoms with van der Waals surface area (Å²) in [6.45, 7) is 7.84. The van der Waals surface area contributed by atoms with Gasteiger partial charge in [0.2, 0.25) is 5.91 Å². The number of fused-ring (bicyclic) bond motifs is 1. The summed E-state index contributed by atoms with van der Waals surface area (Å²) in [7, 11) is 0. The van der Waals surface area contributed by atoms with Gasteiger partial charge in [0.25, 0.3) is 5.91 Å². The van der Waals surface area contributed by atoms with Crippen molar-refractivity contribution in [2.75, 3.05) is 11.9 Å². The van der Waals surface area contributed by atoms with E-state index >= 15 is 0 Å². The Morgan fingerprint density at radius 1 is 1.45 bits per heavy atom. The lowest BCUT2D eigenvalue weighted by atomic mass is 10.0. The first-order valence-corrected chi connectivity index (χ1v) is 7.73. The molecule has 0 saturated heterocycles. The van der Waals surface area contributed by atoms with Crippen molar-refractivity contribution in [3.63, 3.8) is 0 Å². The van der Waals surface area contributed by atoms with Crippen LogP contribution in [0, 0.1) is 0 Å². The van der Waals surface area contributed by atoms with Crippen LogP contribution in [0.15, 0.2) is 0 Å². The number of carbonyl (C=O) groups excluding carboxylic acids is 2. The first kappa shape index (κ1) is 15.0. The number of nitrogens with two attached hydrogens (primary N) is 1. The van der Waals surface area contributed by atoms with Gasteiger partial charge in [0.1, 0.15) is 5.00 Å². The Morgan fingerprint density at radius 3 is 2.70 bits per heavy atom. The second kappa shape index (κ2) is 5.93. The molecule has 2 heterocycles. The van der Waals surface area contributed by atoms with E-state index in [2.05, 4.69) is 24.1 Å². The average molecular weight is 295 g/mol. The molecule has 5 nitrogen and oxygen atoms in total. The minimum absolute atomic E-state index is 0.0909. The van der Waals surface area contributed by atoms with E-state index in [9.17, 15) is 9.59 Å². The smallest absolute Gasteiger partial charge is 0.251 e. The average Bonchev–Trinajstić information content (AvgIpc) is 2.74. The molecule has 2 amide bonds. The molecule has 0 spiro atoms. The van der Waals surface area contributed by atoms with Crippen molar-refractivity contribution in [2.45, 2.75) is 46.2 Å². The molecule has 0 radical (unpaired) electrons. The Balaban J connectivity index is 2.35. The number of primary amides is 1. The van der Waals surface area contributed by atoms with Crippen molar-refractivity contribution in [3.8, 4) is 0 Å². The van der Waals surface area contributed by atoms with Crippen LogP contribution in [0.2, 0.25) is 0 Å². The van der Waals surface area contributed by atoms with Crippen molar-refractivity contribution in [3.05, 3.63) is 16.0 Å². The lowest BCUT2D eigenvalue weighted by Crippen LogP contribution is -2.35. The third-order valence-corrected chi connectivity index (χ3v) is 4.77. The number of rotatable bonds is 4. The summed E-state index contributed by atoms with van der Waals surface area (Å²) >= 11 is 1.48. The SMILES string of the molecule is CCC(=O)Nc1sc2c(c1C(N)=O)CCN(C(C)C)C2. The van der Waals surface area contributed by atoms with Gasteiger partial charge in [-0.3, -0.25) is 14.5 Å². The molecule has 1 aliphatic heterocycles. The molecular formula is C14H21N3O2S. The maximum absolute atomic E-state index is 11.7. The normalized spacial score (nSPS) is 15.2. The number of nitrogens with zero attached hydrogens (tertiary/aromatic N) is 1. The fraction of sp³-hybridized carbons (Fsp3) is 0.571. The van der Waals surface area contributed by atoms with E-state index in [1.165, 1.54) is 11.3 Å². The van der Waals surface area contributed by atoms with Crippen LogP contribution in [0.5, 0.6) is 0 Å². The van der Waals surface area contributed by atoms with Gasteiger partial charge >= 0.3 is 0 Å². The fourth-order valence-electron chi connectivity index (χ4n) is 2.43. The molecule has 0 unspecified atom stereocenters. The molecule has 110 valence electrons. The van der Waals surface area contributed by atoms with E-state index in [4.69, 9.17) is 5.73 Å². The summed E-state index contributed by atoms with van der Waals surface area (Å²) < 4.78 is 0. The van der Waals surface area contributed by atoms with Gasteiger partial charge in [-0.25, -0.2) is 0 Å². The molecule has 3 N–H and O–H groups in total. The Kier molecular flexibility index (Phi) is 4.45. The van der Waals surface area contributed by atoms with Crippen LogP contribution in [-0.2, 0) is 17.8 Å². The van der Waals surface area contributed by atoms with E-state index in [-0.39, 0.29) is 5.91 Å². The molecule has 0 saturated carbocycles. The fourth-order valence-corrected chi connectivity index (χ4v) is 3.72. The molecule has 2 rings (SSSR count). The highest BCUT2D eigenvalue weighted by Crippen LogP contribution is 2.37. The Morgan fingerprint density at radius 2 is 2.15 bits per heavy atom. The zero-order valence-electron chi connectivity index (χ0n) is 12.2. The number of hydrogen-bond donors (Lipinski definition) is 2. The van der Waals surface area contributed by atoms with Gasteiger partial charge in [-0.2, -0.15) is 0 Å². The molecule has 1 aliphatic rings. The van der Waals surface area contributed by atoms with Gasteiger partial charge < -0.3 is 11.1 Å². The van der Waals surface area contributed by atoms with Gasteiger partial charge in [0.15, 0.2) is 0 Å². The third kappa shape index (κ3) is 2.86. The second-order valence-electron chi connectivity index (χ2n) is 5.29. The molecule has 0 bridgehead atoms. The van der Waals surface area contributed by atoms with Crippen molar-refractivity contribution >= 4 is 28.2 Å². The number of thiophene rings is 1. The largest absolute Gasteiger partial charge is 0.365 e. The molecule has 0 aromatic carbocycles. The highest BCUT2D eigenvalue weighted by Gasteiger charge is 2.28. The molecule has 6 heteroatoms. The van der Waals surface area contributed by atoms with Gasteiger partial charge in [-0.15, -0.1) is 11.3 Å². The molecule has 0 fully saturated rings. The third-order valence-electron chi connectivity index (χ3n) is 3.64. The first-order chi connectivity index (χ1) is 9.43. The molecule has 0 atom stereocenters. The van der Waals surface area contributed by atoms with Crippen LogP contribution in [-0.4, -0.2) is 29.3 Å². The van der Waals surface area contributed by atoms with E-state index in [1.807, 2.05) is 0 Å². The van der Waals surface area contributed by atoms with Gasteiger partial charge in [0.05, 0.1) is 5.56 Å². The maximum Gasteiger partial charge on any atom is 0.251 e. The van der Waals surface area contributed by atoms with E-state index < -0.39 is 5.91 Å². The lowest BCUT2D eigenvalue weighted by molar-refractivity contribution is -0.115. The van der Waals surface area contributed by atoms with Crippen LogP contribution >= 0.6 is 11.3 Å². The summed E-state index contributed by atoms with van der Waals surface area (Å²) in [4.78, 5) is 26.8. The Labute approximate surface area is 123 Å². The molecular weight excluding hydrogens is 274 g/mol. The van der Waals surface area contributed by atoms with Crippen LogP contribution in [0.1, 0.15) is 48.0 Å². The quantitative estimate of drug-likeness (QED) is 0.891. The Hall–Kier alpha value is -1.40. The zero-order chi connectivity index (χ0) is 14.9. The van der Waals surface area contributed by atoms with E-state index in [1.54, 1.807) is 6.92 Å². The summed E-state index contributed by atoms with van der Waals surface area (Å²) in [6, 6.07) is 0.468. The summed E-state index contributed by atoms with van der Waals surface area (Å²) in [5, 5.41) is 3.41. The lowest BCUT2D eigenvalue weighted by Gasteiger charge is -2.30.